The van der Waals surface area contributed by atoms with Crippen LogP contribution in [0.1, 0.15) is 35.7 Å². The molecule has 0 unspecified atom stereocenters. The molecule has 1 saturated heterocycles. The van der Waals surface area contributed by atoms with Gasteiger partial charge >= 0.3 is 0 Å². The lowest BCUT2D eigenvalue weighted by Crippen LogP contribution is -2.34. The zero-order chi connectivity index (χ0) is 19.9. The summed E-state index contributed by atoms with van der Waals surface area (Å²) in [6, 6.07) is 14.5. The lowest BCUT2D eigenvalue weighted by molar-refractivity contribution is -0.122. The molecular weight excluding hydrogens is 356 g/mol. The topological polar surface area (TPSA) is 76.7 Å². The van der Waals surface area contributed by atoms with Crippen LogP contribution in [0.2, 0.25) is 0 Å². The summed E-state index contributed by atoms with van der Waals surface area (Å²) in [5.41, 5.74) is 1.92. The lowest BCUT2D eigenvalue weighted by atomic mass is 10.1. The number of anilines is 1. The predicted octanol–water partition coefficient (Wildman–Crippen LogP) is 3.31. The number of carbonyl (C=O) groups excluding carboxylic acids is 2. The van der Waals surface area contributed by atoms with Gasteiger partial charge in [0.2, 0.25) is 0 Å². The van der Waals surface area contributed by atoms with E-state index in [1.807, 2.05) is 31.2 Å². The first-order chi connectivity index (χ1) is 13.5. The molecule has 2 aromatic rings. The first-order valence-corrected chi connectivity index (χ1v) is 9.56. The molecule has 148 valence electrons. The molecule has 0 aliphatic carbocycles. The van der Waals surface area contributed by atoms with Gasteiger partial charge in [0.05, 0.1) is 17.4 Å². The van der Waals surface area contributed by atoms with E-state index in [0.29, 0.717) is 23.5 Å². The highest BCUT2D eigenvalue weighted by atomic mass is 16.5. The van der Waals surface area contributed by atoms with Gasteiger partial charge in [-0.25, -0.2) is 0 Å². The number of hydrogen-bond donors (Lipinski definition) is 2. The normalized spacial score (nSPS) is 17.0. The first kappa shape index (κ1) is 19.9. The zero-order valence-electron chi connectivity index (χ0n) is 16.2. The number of rotatable bonds is 7. The third-order valence-corrected chi connectivity index (χ3v) is 4.62. The number of ether oxygens (including phenoxy) is 2. The number of benzene rings is 2. The number of amides is 2. The minimum absolute atomic E-state index is 0.0634. The van der Waals surface area contributed by atoms with Crippen molar-refractivity contribution in [1.29, 1.82) is 0 Å². The summed E-state index contributed by atoms with van der Waals surface area (Å²) in [5.74, 6) is 0.0739. The molecule has 1 fully saturated rings. The van der Waals surface area contributed by atoms with E-state index in [4.69, 9.17) is 9.47 Å². The van der Waals surface area contributed by atoms with Gasteiger partial charge in [0, 0.05) is 13.2 Å². The maximum absolute atomic E-state index is 12.6. The molecule has 0 bridgehead atoms. The van der Waals surface area contributed by atoms with E-state index in [2.05, 4.69) is 10.6 Å². The van der Waals surface area contributed by atoms with Crippen molar-refractivity contribution < 1.29 is 19.1 Å². The molecule has 0 saturated carbocycles. The van der Waals surface area contributed by atoms with E-state index >= 15 is 0 Å². The van der Waals surface area contributed by atoms with Crippen LogP contribution < -0.4 is 15.4 Å². The molecule has 28 heavy (non-hydrogen) atoms. The average Bonchev–Trinajstić information content (AvgIpc) is 3.20. The Morgan fingerprint density at radius 3 is 2.79 bits per heavy atom. The van der Waals surface area contributed by atoms with Gasteiger partial charge in [-0.05, 0) is 56.5 Å². The Kier molecular flexibility index (Phi) is 6.66. The lowest BCUT2D eigenvalue weighted by Gasteiger charge is -2.17. The number of aryl methyl sites for hydroxylation is 1. The van der Waals surface area contributed by atoms with Gasteiger partial charge < -0.3 is 20.1 Å². The molecule has 3 rings (SSSR count). The van der Waals surface area contributed by atoms with Crippen LogP contribution >= 0.6 is 0 Å². The fourth-order valence-electron chi connectivity index (χ4n) is 3.08. The number of para-hydroxylation sites is 1. The Balaban J connectivity index is 1.61. The highest BCUT2D eigenvalue weighted by molar-refractivity contribution is 6.04. The van der Waals surface area contributed by atoms with E-state index in [1.54, 1.807) is 31.2 Å². The SMILES string of the molecule is Cc1cccc(O[C@H](C)C(=O)Nc2ccccc2C(=O)NC[C@H]2CCCO2)c1. The third kappa shape index (κ3) is 5.33. The Bertz CT molecular complexity index is 831. The molecule has 0 aromatic heterocycles. The van der Waals surface area contributed by atoms with E-state index in [-0.39, 0.29) is 17.9 Å². The van der Waals surface area contributed by atoms with Crippen molar-refractivity contribution in [3.8, 4) is 5.75 Å². The fourth-order valence-corrected chi connectivity index (χ4v) is 3.08. The zero-order valence-corrected chi connectivity index (χ0v) is 16.2. The van der Waals surface area contributed by atoms with Crippen LogP contribution in [0.15, 0.2) is 48.5 Å². The number of hydrogen-bond acceptors (Lipinski definition) is 4. The molecule has 2 N–H and O–H groups in total. The van der Waals surface area contributed by atoms with Gasteiger partial charge in [-0.1, -0.05) is 24.3 Å². The van der Waals surface area contributed by atoms with Crippen LogP contribution in [0.25, 0.3) is 0 Å². The number of nitrogens with one attached hydrogen (secondary N) is 2. The molecule has 6 heteroatoms. The standard InChI is InChI=1S/C22H26N2O4/c1-15-7-5-8-17(13-15)28-16(2)21(25)24-20-11-4-3-10-19(20)22(26)23-14-18-9-6-12-27-18/h3-5,7-8,10-11,13,16,18H,6,9,12,14H2,1-2H3,(H,23,26)(H,24,25)/t16-,18-/m1/s1. The van der Waals surface area contributed by atoms with Crippen molar-refractivity contribution >= 4 is 17.5 Å². The van der Waals surface area contributed by atoms with Gasteiger partial charge in [0.15, 0.2) is 6.10 Å². The highest BCUT2D eigenvalue weighted by Gasteiger charge is 2.20. The first-order valence-electron chi connectivity index (χ1n) is 9.56. The van der Waals surface area contributed by atoms with Crippen LogP contribution in [0.3, 0.4) is 0 Å². The number of carbonyl (C=O) groups is 2. The monoisotopic (exact) mass is 382 g/mol. The van der Waals surface area contributed by atoms with Gasteiger partial charge in [0.25, 0.3) is 11.8 Å². The maximum atomic E-state index is 12.6. The van der Waals surface area contributed by atoms with E-state index in [1.165, 1.54) is 0 Å². The second-order valence-corrected chi connectivity index (χ2v) is 6.96. The van der Waals surface area contributed by atoms with Crippen LogP contribution in [-0.4, -0.2) is 37.2 Å². The van der Waals surface area contributed by atoms with Gasteiger partial charge in [-0.3, -0.25) is 9.59 Å². The largest absolute Gasteiger partial charge is 0.481 e. The van der Waals surface area contributed by atoms with E-state index < -0.39 is 6.10 Å². The van der Waals surface area contributed by atoms with Crippen LogP contribution in [-0.2, 0) is 9.53 Å². The Morgan fingerprint density at radius 1 is 1.21 bits per heavy atom. The van der Waals surface area contributed by atoms with Crippen LogP contribution in [0, 0.1) is 6.92 Å². The van der Waals surface area contributed by atoms with Gasteiger partial charge in [-0.15, -0.1) is 0 Å². The second kappa shape index (κ2) is 9.37. The van der Waals surface area contributed by atoms with Crippen molar-refractivity contribution in [2.45, 2.75) is 38.9 Å². The van der Waals surface area contributed by atoms with Gasteiger partial charge in [0.1, 0.15) is 5.75 Å². The Labute approximate surface area is 165 Å². The highest BCUT2D eigenvalue weighted by Crippen LogP contribution is 2.18. The Morgan fingerprint density at radius 2 is 2.04 bits per heavy atom. The van der Waals surface area contributed by atoms with Crippen molar-refractivity contribution in [3.63, 3.8) is 0 Å². The molecule has 1 aliphatic heterocycles. The quantitative estimate of drug-likeness (QED) is 0.770. The van der Waals surface area contributed by atoms with Crippen molar-refractivity contribution in [3.05, 3.63) is 59.7 Å². The summed E-state index contributed by atoms with van der Waals surface area (Å²) in [5, 5.41) is 5.68. The third-order valence-electron chi connectivity index (χ3n) is 4.62. The smallest absolute Gasteiger partial charge is 0.265 e. The predicted molar refractivity (Wildman–Crippen MR) is 108 cm³/mol. The molecule has 2 atom stereocenters. The summed E-state index contributed by atoms with van der Waals surface area (Å²) in [4.78, 5) is 25.1. The van der Waals surface area contributed by atoms with E-state index in [9.17, 15) is 9.59 Å². The second-order valence-electron chi connectivity index (χ2n) is 6.96. The maximum Gasteiger partial charge on any atom is 0.265 e. The molecular formula is C22H26N2O4. The van der Waals surface area contributed by atoms with E-state index in [0.717, 1.165) is 25.0 Å². The molecule has 1 aliphatic rings. The van der Waals surface area contributed by atoms with Crippen molar-refractivity contribution in [1.82, 2.24) is 5.32 Å². The minimum Gasteiger partial charge on any atom is -0.481 e. The average molecular weight is 382 g/mol. The fraction of sp³-hybridized carbons (Fsp3) is 0.364. The molecule has 0 spiro atoms. The minimum atomic E-state index is -0.704. The molecule has 1 heterocycles. The van der Waals surface area contributed by atoms with Crippen LogP contribution in [0.5, 0.6) is 5.75 Å². The summed E-state index contributed by atoms with van der Waals surface area (Å²) in [7, 11) is 0. The molecule has 0 radical (unpaired) electrons. The Hall–Kier alpha value is -2.86. The molecule has 2 aromatic carbocycles. The van der Waals surface area contributed by atoms with Crippen molar-refractivity contribution in [2.75, 3.05) is 18.5 Å². The summed E-state index contributed by atoms with van der Waals surface area (Å²) in [6.07, 6.45) is 1.33. The summed E-state index contributed by atoms with van der Waals surface area (Å²) >= 11 is 0. The molecule has 6 nitrogen and oxygen atoms in total. The van der Waals surface area contributed by atoms with Gasteiger partial charge in [-0.2, -0.15) is 0 Å². The summed E-state index contributed by atoms with van der Waals surface area (Å²) in [6.45, 7) is 4.85. The summed E-state index contributed by atoms with van der Waals surface area (Å²) < 4.78 is 11.2. The van der Waals surface area contributed by atoms with Crippen molar-refractivity contribution in [2.24, 2.45) is 0 Å². The van der Waals surface area contributed by atoms with Crippen LogP contribution in [0.4, 0.5) is 5.69 Å². The molecule has 2 amide bonds.